The van der Waals surface area contributed by atoms with Crippen molar-refractivity contribution in [1.29, 1.82) is 5.26 Å². The molecule has 0 heterocycles. The summed E-state index contributed by atoms with van der Waals surface area (Å²) in [6.45, 7) is 2.18. The summed E-state index contributed by atoms with van der Waals surface area (Å²) in [4.78, 5) is 0. The predicted octanol–water partition coefficient (Wildman–Crippen LogP) is 4.99. The van der Waals surface area contributed by atoms with Crippen LogP contribution in [0, 0.1) is 18.3 Å². The number of halogens is 1. The molecule has 1 aliphatic rings. The minimum atomic E-state index is 0.461. The third kappa shape index (κ3) is 2.96. The monoisotopic (exact) mass is 340 g/mol. The van der Waals surface area contributed by atoms with Gasteiger partial charge in [-0.1, -0.05) is 40.2 Å². The molecule has 0 saturated heterocycles. The van der Waals surface area contributed by atoms with Crippen molar-refractivity contribution in [3.63, 3.8) is 0 Å². The highest BCUT2D eigenvalue weighted by Gasteiger charge is 2.31. The minimum absolute atomic E-state index is 0.461. The Balaban J connectivity index is 1.66. The van der Waals surface area contributed by atoms with Crippen LogP contribution >= 0.6 is 15.9 Å². The maximum absolute atomic E-state index is 9.20. The van der Waals surface area contributed by atoms with Crippen LogP contribution in [0.4, 0.5) is 5.69 Å². The predicted molar refractivity (Wildman–Crippen MR) is 89.4 cm³/mol. The van der Waals surface area contributed by atoms with Gasteiger partial charge < -0.3 is 5.32 Å². The van der Waals surface area contributed by atoms with Gasteiger partial charge in [0.25, 0.3) is 0 Å². The summed E-state index contributed by atoms with van der Waals surface area (Å²) >= 11 is 3.40. The molecule has 1 N–H and O–H groups in total. The van der Waals surface area contributed by atoms with Crippen molar-refractivity contribution in [2.45, 2.75) is 31.7 Å². The van der Waals surface area contributed by atoms with Crippen LogP contribution in [0.1, 0.15) is 35.4 Å². The van der Waals surface area contributed by atoms with E-state index in [9.17, 15) is 5.26 Å². The summed E-state index contributed by atoms with van der Waals surface area (Å²) in [5.74, 6) is 0.643. The van der Waals surface area contributed by atoms with E-state index in [0.717, 1.165) is 23.0 Å². The third-order valence-corrected chi connectivity index (χ3v) is 4.72. The van der Waals surface area contributed by atoms with Gasteiger partial charge in [0.1, 0.15) is 6.07 Å². The van der Waals surface area contributed by atoms with E-state index in [0.29, 0.717) is 17.5 Å². The lowest BCUT2D eigenvalue weighted by Crippen LogP contribution is -2.34. The van der Waals surface area contributed by atoms with Gasteiger partial charge in [-0.15, -0.1) is 0 Å². The third-order valence-electron chi connectivity index (χ3n) is 4.23. The number of hydrogen-bond donors (Lipinski definition) is 1. The van der Waals surface area contributed by atoms with Crippen molar-refractivity contribution in [1.82, 2.24) is 0 Å². The lowest BCUT2D eigenvalue weighted by atomic mass is 9.74. The maximum atomic E-state index is 9.20. The largest absolute Gasteiger partial charge is 0.381 e. The molecule has 1 aliphatic carbocycles. The number of nitriles is 1. The van der Waals surface area contributed by atoms with E-state index in [1.54, 1.807) is 0 Å². The molecule has 2 aromatic rings. The Bertz CT molecular complexity index is 697. The molecule has 0 radical (unpaired) electrons. The molecule has 0 aromatic heterocycles. The zero-order valence-corrected chi connectivity index (χ0v) is 13.5. The van der Waals surface area contributed by atoms with Crippen LogP contribution in [0.3, 0.4) is 0 Å². The second-order valence-electron chi connectivity index (χ2n) is 5.67. The van der Waals surface area contributed by atoms with E-state index >= 15 is 0 Å². The minimum Gasteiger partial charge on any atom is -0.381 e. The van der Waals surface area contributed by atoms with E-state index in [4.69, 9.17) is 0 Å². The molecule has 0 aliphatic heterocycles. The Morgan fingerprint density at radius 2 is 1.95 bits per heavy atom. The summed E-state index contributed by atoms with van der Waals surface area (Å²) in [7, 11) is 0. The normalized spacial score (nSPS) is 20.4. The summed E-state index contributed by atoms with van der Waals surface area (Å²) in [6.07, 6.45) is 2.26. The van der Waals surface area contributed by atoms with Crippen molar-refractivity contribution in [3.05, 3.63) is 63.6 Å². The average Bonchev–Trinajstić information content (AvgIpc) is 2.44. The van der Waals surface area contributed by atoms with Crippen LogP contribution in [0.2, 0.25) is 0 Å². The summed E-state index contributed by atoms with van der Waals surface area (Å²) in [5, 5.41) is 12.7. The molecule has 0 unspecified atom stereocenters. The van der Waals surface area contributed by atoms with Gasteiger partial charge in [0.15, 0.2) is 0 Å². The van der Waals surface area contributed by atoms with E-state index in [1.807, 2.05) is 18.2 Å². The van der Waals surface area contributed by atoms with Gasteiger partial charge in [-0.05, 0) is 55.0 Å². The molecule has 1 fully saturated rings. The summed E-state index contributed by atoms with van der Waals surface area (Å²) < 4.78 is 0.941. The molecule has 0 amide bonds. The maximum Gasteiger partial charge on any atom is 0.101 e. The fraction of sp³-hybridized carbons (Fsp3) is 0.278. The van der Waals surface area contributed by atoms with Crippen molar-refractivity contribution in [2.75, 3.05) is 5.32 Å². The van der Waals surface area contributed by atoms with Gasteiger partial charge in [0.05, 0.1) is 11.3 Å². The topological polar surface area (TPSA) is 35.8 Å². The van der Waals surface area contributed by atoms with Crippen molar-refractivity contribution in [2.24, 2.45) is 0 Å². The first-order valence-corrected chi connectivity index (χ1v) is 7.98. The average molecular weight is 341 g/mol. The van der Waals surface area contributed by atoms with Crippen LogP contribution in [0.25, 0.3) is 0 Å². The zero-order valence-electron chi connectivity index (χ0n) is 11.9. The van der Waals surface area contributed by atoms with Crippen LogP contribution in [-0.2, 0) is 0 Å². The Morgan fingerprint density at radius 3 is 2.67 bits per heavy atom. The smallest absolute Gasteiger partial charge is 0.101 e. The summed E-state index contributed by atoms with van der Waals surface area (Å²) in [5.41, 5.74) is 4.48. The first kappa shape index (κ1) is 14.2. The highest BCUT2D eigenvalue weighted by atomic mass is 79.9. The highest BCUT2D eigenvalue weighted by molar-refractivity contribution is 9.10. The number of rotatable bonds is 3. The number of nitrogens with zero attached hydrogens (tertiary/aromatic N) is 1. The van der Waals surface area contributed by atoms with Crippen LogP contribution < -0.4 is 5.32 Å². The second kappa shape index (κ2) is 5.91. The molecule has 0 bridgehead atoms. The standard InChI is InChI=1S/C18H17BrN2/c1-12-4-2-3-5-17(12)13-9-16(10-13)21-18-7-6-15(19)8-14(18)11-20/h2-8,13,16,21H,9-10H2,1H3. The van der Waals surface area contributed by atoms with E-state index in [1.165, 1.54) is 11.1 Å². The van der Waals surface area contributed by atoms with Gasteiger partial charge >= 0.3 is 0 Å². The fourth-order valence-electron chi connectivity index (χ4n) is 2.99. The molecule has 0 spiro atoms. The van der Waals surface area contributed by atoms with E-state index in [-0.39, 0.29) is 0 Å². The molecule has 106 valence electrons. The Kier molecular flexibility index (Phi) is 3.98. The molecule has 21 heavy (non-hydrogen) atoms. The second-order valence-corrected chi connectivity index (χ2v) is 6.58. The van der Waals surface area contributed by atoms with Gasteiger partial charge in [-0.25, -0.2) is 0 Å². The lowest BCUT2D eigenvalue weighted by Gasteiger charge is -2.37. The first-order chi connectivity index (χ1) is 10.2. The molecular weight excluding hydrogens is 324 g/mol. The molecular formula is C18H17BrN2. The molecule has 2 aromatic carbocycles. The summed E-state index contributed by atoms with van der Waals surface area (Å²) in [6, 6.07) is 17.1. The molecule has 3 rings (SSSR count). The number of aryl methyl sites for hydroxylation is 1. The number of nitrogens with one attached hydrogen (secondary N) is 1. The van der Waals surface area contributed by atoms with Gasteiger partial charge in [0, 0.05) is 10.5 Å². The quantitative estimate of drug-likeness (QED) is 0.854. The van der Waals surface area contributed by atoms with Crippen LogP contribution in [0.15, 0.2) is 46.9 Å². The SMILES string of the molecule is Cc1ccccc1C1CC(Nc2ccc(Br)cc2C#N)C1. The number of benzene rings is 2. The molecule has 2 nitrogen and oxygen atoms in total. The number of anilines is 1. The van der Waals surface area contributed by atoms with Crippen molar-refractivity contribution in [3.8, 4) is 6.07 Å². The Labute approximate surface area is 133 Å². The fourth-order valence-corrected chi connectivity index (χ4v) is 3.35. The lowest BCUT2D eigenvalue weighted by molar-refractivity contribution is 0.373. The molecule has 3 heteroatoms. The van der Waals surface area contributed by atoms with Gasteiger partial charge in [-0.3, -0.25) is 0 Å². The zero-order chi connectivity index (χ0) is 14.8. The van der Waals surface area contributed by atoms with Crippen molar-refractivity contribution < 1.29 is 0 Å². The van der Waals surface area contributed by atoms with Crippen molar-refractivity contribution >= 4 is 21.6 Å². The Hall–Kier alpha value is -1.79. The number of hydrogen-bond acceptors (Lipinski definition) is 2. The van der Waals surface area contributed by atoms with Crippen LogP contribution in [-0.4, -0.2) is 6.04 Å². The van der Waals surface area contributed by atoms with Gasteiger partial charge in [-0.2, -0.15) is 5.26 Å². The van der Waals surface area contributed by atoms with E-state index in [2.05, 4.69) is 58.5 Å². The van der Waals surface area contributed by atoms with Crippen LogP contribution in [0.5, 0.6) is 0 Å². The van der Waals surface area contributed by atoms with Gasteiger partial charge in [0.2, 0.25) is 0 Å². The molecule has 1 saturated carbocycles. The highest BCUT2D eigenvalue weighted by Crippen LogP contribution is 2.40. The first-order valence-electron chi connectivity index (χ1n) is 7.19. The Morgan fingerprint density at radius 1 is 1.19 bits per heavy atom. The molecule has 0 atom stereocenters. The van der Waals surface area contributed by atoms with E-state index < -0.39 is 0 Å².